The summed E-state index contributed by atoms with van der Waals surface area (Å²) in [5.41, 5.74) is 2.54. The van der Waals surface area contributed by atoms with Gasteiger partial charge in [-0.3, -0.25) is 0 Å². The lowest BCUT2D eigenvalue weighted by Gasteiger charge is -2.21. The predicted octanol–water partition coefficient (Wildman–Crippen LogP) is 2.47. The molecule has 26 heavy (non-hydrogen) atoms. The molecule has 1 saturated heterocycles. The maximum absolute atomic E-state index is 4.78. The lowest BCUT2D eigenvalue weighted by Crippen LogP contribution is -2.42. The van der Waals surface area contributed by atoms with Gasteiger partial charge in [0.15, 0.2) is 5.96 Å². The number of unbranched alkanes of at least 4 members (excludes halogenated alkanes) is 1. The highest BCUT2D eigenvalue weighted by atomic mass is 15.2. The van der Waals surface area contributed by atoms with Crippen molar-refractivity contribution in [1.29, 1.82) is 0 Å². The van der Waals surface area contributed by atoms with Crippen molar-refractivity contribution in [1.82, 2.24) is 20.4 Å². The van der Waals surface area contributed by atoms with Crippen LogP contribution in [0.1, 0.15) is 37.3 Å². The number of hydrogen-bond acceptors (Lipinski definition) is 3. The first-order valence-corrected chi connectivity index (χ1v) is 10.2. The van der Waals surface area contributed by atoms with Gasteiger partial charge in [-0.25, -0.2) is 4.99 Å². The Bertz CT molecular complexity index is 526. The van der Waals surface area contributed by atoms with Crippen molar-refractivity contribution in [2.24, 2.45) is 4.99 Å². The molecule has 0 bridgehead atoms. The van der Waals surface area contributed by atoms with E-state index in [2.05, 4.69) is 65.6 Å². The van der Waals surface area contributed by atoms with Gasteiger partial charge in [-0.1, -0.05) is 43.2 Å². The summed E-state index contributed by atoms with van der Waals surface area (Å²) in [6.45, 7) is 12.8. The molecule has 0 aliphatic carbocycles. The quantitative estimate of drug-likeness (QED) is 0.425. The molecule has 1 aliphatic heterocycles. The third kappa shape index (κ3) is 8.19. The standard InChI is InChI=1S/C21H37N5/c1-4-5-11-22-21(24-18-20-9-7-19(2)8-10-20)23-12-15-26-14-6-13-25(3)16-17-26/h7-10H,4-6,11-18H2,1-3H3,(H2,22,23,24). The van der Waals surface area contributed by atoms with Crippen molar-refractivity contribution in [3.05, 3.63) is 35.4 Å². The molecule has 1 fully saturated rings. The third-order valence-electron chi connectivity index (χ3n) is 4.90. The lowest BCUT2D eigenvalue weighted by molar-refractivity contribution is 0.280. The van der Waals surface area contributed by atoms with E-state index in [1.54, 1.807) is 0 Å². The highest BCUT2D eigenvalue weighted by Gasteiger charge is 2.11. The first-order chi connectivity index (χ1) is 12.7. The lowest BCUT2D eigenvalue weighted by atomic mass is 10.1. The average molecular weight is 360 g/mol. The van der Waals surface area contributed by atoms with Gasteiger partial charge in [-0.15, -0.1) is 0 Å². The molecule has 2 N–H and O–H groups in total. The van der Waals surface area contributed by atoms with E-state index >= 15 is 0 Å². The first kappa shape index (κ1) is 20.7. The maximum atomic E-state index is 4.78. The second-order valence-corrected chi connectivity index (χ2v) is 7.36. The Hall–Kier alpha value is -1.59. The van der Waals surface area contributed by atoms with Gasteiger partial charge in [0.2, 0.25) is 0 Å². The fourth-order valence-electron chi connectivity index (χ4n) is 3.08. The van der Waals surface area contributed by atoms with Crippen molar-refractivity contribution in [2.75, 3.05) is 52.9 Å². The SMILES string of the molecule is CCCCNC(=NCc1ccc(C)cc1)NCCN1CCCN(C)CC1. The summed E-state index contributed by atoms with van der Waals surface area (Å²) in [5, 5.41) is 6.99. The van der Waals surface area contributed by atoms with Crippen molar-refractivity contribution < 1.29 is 0 Å². The van der Waals surface area contributed by atoms with Crippen molar-refractivity contribution >= 4 is 5.96 Å². The predicted molar refractivity (Wildman–Crippen MR) is 112 cm³/mol. The van der Waals surface area contributed by atoms with Crippen LogP contribution in [0.2, 0.25) is 0 Å². The zero-order chi connectivity index (χ0) is 18.6. The Morgan fingerprint density at radius 3 is 2.58 bits per heavy atom. The van der Waals surface area contributed by atoms with Gasteiger partial charge < -0.3 is 20.4 Å². The first-order valence-electron chi connectivity index (χ1n) is 10.2. The third-order valence-corrected chi connectivity index (χ3v) is 4.90. The second-order valence-electron chi connectivity index (χ2n) is 7.36. The molecule has 0 radical (unpaired) electrons. The summed E-state index contributed by atoms with van der Waals surface area (Å²) in [4.78, 5) is 9.76. The minimum Gasteiger partial charge on any atom is -0.356 e. The molecule has 0 aromatic heterocycles. The fraction of sp³-hybridized carbons (Fsp3) is 0.667. The molecule has 0 unspecified atom stereocenters. The molecule has 1 heterocycles. The van der Waals surface area contributed by atoms with Crippen LogP contribution in [0.25, 0.3) is 0 Å². The minimum atomic E-state index is 0.718. The molecule has 146 valence electrons. The number of likely N-dealkylation sites (N-methyl/N-ethyl adjacent to an activating group) is 1. The molecular formula is C21H37N5. The molecular weight excluding hydrogens is 322 g/mol. The Morgan fingerprint density at radius 2 is 1.81 bits per heavy atom. The van der Waals surface area contributed by atoms with Crippen molar-refractivity contribution in [3.8, 4) is 0 Å². The fourth-order valence-corrected chi connectivity index (χ4v) is 3.08. The summed E-state index contributed by atoms with van der Waals surface area (Å²) in [6.07, 6.45) is 3.63. The van der Waals surface area contributed by atoms with E-state index in [-0.39, 0.29) is 0 Å². The van der Waals surface area contributed by atoms with Crippen LogP contribution in [0.15, 0.2) is 29.3 Å². The van der Waals surface area contributed by atoms with Crippen molar-refractivity contribution in [3.63, 3.8) is 0 Å². The molecule has 5 nitrogen and oxygen atoms in total. The Kier molecular flexibility index (Phi) is 9.50. The molecule has 0 amide bonds. The average Bonchev–Trinajstić information content (AvgIpc) is 2.85. The van der Waals surface area contributed by atoms with Crippen LogP contribution in [0.3, 0.4) is 0 Å². The van der Waals surface area contributed by atoms with Gasteiger partial charge in [-0.2, -0.15) is 0 Å². The van der Waals surface area contributed by atoms with Crippen molar-refractivity contribution in [2.45, 2.75) is 39.7 Å². The van der Waals surface area contributed by atoms with Gasteiger partial charge in [0.05, 0.1) is 6.54 Å². The minimum absolute atomic E-state index is 0.718. The van der Waals surface area contributed by atoms with Gasteiger partial charge in [0.25, 0.3) is 0 Å². The molecule has 1 aromatic rings. The Labute approximate surface area is 159 Å². The van der Waals surface area contributed by atoms with E-state index in [1.807, 2.05) is 0 Å². The van der Waals surface area contributed by atoms with Gasteiger partial charge in [-0.05, 0) is 45.5 Å². The molecule has 0 spiro atoms. The second kappa shape index (κ2) is 11.9. The largest absolute Gasteiger partial charge is 0.356 e. The van der Waals surface area contributed by atoms with E-state index < -0.39 is 0 Å². The van der Waals surface area contributed by atoms with Gasteiger partial charge in [0, 0.05) is 32.7 Å². The molecule has 5 heteroatoms. The number of nitrogens with one attached hydrogen (secondary N) is 2. The molecule has 1 aliphatic rings. The number of rotatable bonds is 8. The van der Waals surface area contributed by atoms with Crippen LogP contribution < -0.4 is 10.6 Å². The summed E-state index contributed by atoms with van der Waals surface area (Å²) in [6, 6.07) is 8.63. The normalized spacial score (nSPS) is 17.1. The van der Waals surface area contributed by atoms with Crippen LogP contribution in [0.4, 0.5) is 0 Å². The van der Waals surface area contributed by atoms with Gasteiger partial charge >= 0.3 is 0 Å². The monoisotopic (exact) mass is 359 g/mol. The van der Waals surface area contributed by atoms with E-state index in [0.29, 0.717) is 0 Å². The smallest absolute Gasteiger partial charge is 0.191 e. The van der Waals surface area contributed by atoms with Crippen LogP contribution in [0.5, 0.6) is 0 Å². The zero-order valence-electron chi connectivity index (χ0n) is 16.9. The summed E-state index contributed by atoms with van der Waals surface area (Å²) >= 11 is 0. The van der Waals surface area contributed by atoms with E-state index in [9.17, 15) is 0 Å². The Morgan fingerprint density at radius 1 is 1.04 bits per heavy atom. The van der Waals surface area contributed by atoms with E-state index in [0.717, 1.165) is 38.7 Å². The highest BCUT2D eigenvalue weighted by molar-refractivity contribution is 5.79. The number of aliphatic imine (C=N–C) groups is 1. The summed E-state index contributed by atoms with van der Waals surface area (Å²) in [5.74, 6) is 0.936. The molecule has 0 atom stereocenters. The van der Waals surface area contributed by atoms with Crippen LogP contribution >= 0.6 is 0 Å². The molecule has 2 rings (SSSR count). The van der Waals surface area contributed by atoms with E-state index in [4.69, 9.17) is 4.99 Å². The Balaban J connectivity index is 1.81. The van der Waals surface area contributed by atoms with E-state index in [1.165, 1.54) is 50.0 Å². The zero-order valence-corrected chi connectivity index (χ0v) is 16.9. The molecule has 1 aromatic carbocycles. The number of nitrogens with zero attached hydrogens (tertiary/aromatic N) is 3. The maximum Gasteiger partial charge on any atom is 0.191 e. The van der Waals surface area contributed by atoms with Gasteiger partial charge in [0.1, 0.15) is 0 Å². The highest BCUT2D eigenvalue weighted by Crippen LogP contribution is 2.04. The van der Waals surface area contributed by atoms with Crippen LogP contribution in [-0.4, -0.2) is 68.6 Å². The topological polar surface area (TPSA) is 42.9 Å². The van der Waals surface area contributed by atoms with Crippen LogP contribution in [-0.2, 0) is 6.54 Å². The number of hydrogen-bond donors (Lipinski definition) is 2. The number of benzene rings is 1. The van der Waals surface area contributed by atoms with Crippen LogP contribution in [0, 0.1) is 6.92 Å². The summed E-state index contributed by atoms with van der Waals surface area (Å²) in [7, 11) is 2.22. The molecule has 0 saturated carbocycles. The number of aryl methyl sites for hydroxylation is 1. The number of guanidine groups is 1. The summed E-state index contributed by atoms with van der Waals surface area (Å²) < 4.78 is 0.